The summed E-state index contributed by atoms with van der Waals surface area (Å²) in [6.45, 7) is 5.16. The number of fused-ring (bicyclic) bond motifs is 5. The molecule has 0 aromatic heterocycles. The molecule has 4 atom stereocenters. The first-order valence-electron chi connectivity index (χ1n) is 23.0. The summed E-state index contributed by atoms with van der Waals surface area (Å²) in [5, 5.41) is 42.3. The second kappa shape index (κ2) is 25.2. The quantitative estimate of drug-likeness (QED) is 0.0486. The van der Waals surface area contributed by atoms with Crippen LogP contribution in [-0.2, 0) is 41.7 Å². The van der Waals surface area contributed by atoms with E-state index in [9.17, 15) is 44.1 Å². The predicted molar refractivity (Wildman–Crippen MR) is 254 cm³/mol. The Kier molecular flexibility index (Phi) is 19.3. The molecule has 4 aromatic carbocycles. The van der Waals surface area contributed by atoms with E-state index in [4.69, 9.17) is 10.5 Å². The van der Waals surface area contributed by atoms with Crippen LogP contribution in [0.2, 0.25) is 0 Å². The van der Waals surface area contributed by atoms with Crippen LogP contribution in [0.5, 0.6) is 11.5 Å². The van der Waals surface area contributed by atoms with Crippen molar-refractivity contribution in [3.63, 3.8) is 0 Å². The lowest BCUT2D eigenvalue weighted by Crippen LogP contribution is -2.54. The topological polar surface area (TPSA) is 250 Å². The fraction of sp³-hybridized carbons (Fsp3) is 0.412. The van der Waals surface area contributed by atoms with Gasteiger partial charge in [-0.15, -0.1) is 0 Å². The van der Waals surface area contributed by atoms with Crippen LogP contribution >= 0.6 is 0 Å². The minimum atomic E-state index is -1.45. The number of phenols is 2. The number of carbonyl (C=O) groups excluding carboxylic acids is 5. The lowest BCUT2D eigenvalue weighted by molar-refractivity contribution is -0.144. The number of aromatic hydroxyl groups is 2. The number of likely N-dealkylation sites (N-methyl/N-ethyl adjacent to an activating group) is 1. The molecule has 5 amide bonds. The Morgan fingerprint density at radius 1 is 0.821 bits per heavy atom. The first-order valence-corrected chi connectivity index (χ1v) is 23.0. The highest BCUT2D eigenvalue weighted by Crippen LogP contribution is 2.39. The van der Waals surface area contributed by atoms with Gasteiger partial charge in [0, 0.05) is 49.7 Å². The largest absolute Gasteiger partial charge is 0.507 e. The standard InChI is InChI=1S/C51H64N6O10/c1-4-5-6-7-10-27-67-31-33-12-15-35(16-13-33)36-17-19-37(20-18-36)48(62)53-26-24-45(60)55-41(11-8-9-25-52)50(64)57(3)46-38-21-23-44(59)40(30-38)39-28-34(14-22-43(39)58)29-42(51(65)66)56-47(61)32(2)54-49(46)63/h12-23,28,30,32,41-42,46,58-59H,4-11,24-27,29,31,52H2,1-3H3,(H,53,62)(H,54,63)(H,55,60)(H,56,61)(H,65,66)/t32-,41-,42-,46-/m0/s1. The van der Waals surface area contributed by atoms with Crippen molar-refractivity contribution in [3.8, 4) is 33.8 Å². The summed E-state index contributed by atoms with van der Waals surface area (Å²) in [4.78, 5) is 81.6. The number of nitrogens with zero attached hydrogens (tertiary/aromatic N) is 1. The molecule has 16 heteroatoms. The van der Waals surface area contributed by atoms with Crippen molar-refractivity contribution in [1.29, 1.82) is 0 Å². The number of ether oxygens (including phenoxy) is 1. The van der Waals surface area contributed by atoms with E-state index in [0.717, 1.165) is 34.6 Å². The molecule has 0 saturated carbocycles. The molecule has 5 rings (SSSR count). The van der Waals surface area contributed by atoms with E-state index < -0.39 is 53.8 Å². The SMILES string of the molecule is CCCCCCCOCc1ccc(-c2ccc(C(=O)NCCC(=O)N[C@@H](CCCCN)C(=O)N(C)[C@@H]3C(=O)N[C@@H](C)C(=O)N[C@H](C(=O)O)Cc4ccc(O)c(c4)-c4cc3ccc4O)cc2)cc1. The summed E-state index contributed by atoms with van der Waals surface area (Å²) in [6.07, 6.45) is 6.77. The number of nitrogens with two attached hydrogens (primary N) is 1. The second-order valence-corrected chi connectivity index (χ2v) is 17.0. The molecule has 16 nitrogen and oxygen atoms in total. The third-order valence-corrected chi connectivity index (χ3v) is 11.8. The maximum Gasteiger partial charge on any atom is 0.326 e. The number of unbranched alkanes of at least 4 members (excludes halogenated alkanes) is 5. The molecule has 4 aromatic rings. The van der Waals surface area contributed by atoms with Crippen LogP contribution in [0.4, 0.5) is 0 Å². The molecule has 358 valence electrons. The zero-order chi connectivity index (χ0) is 48.5. The number of phenolic OH excluding ortho intramolecular Hbond substituents is 2. The number of amides is 5. The van der Waals surface area contributed by atoms with Gasteiger partial charge in [-0.3, -0.25) is 24.0 Å². The molecule has 0 unspecified atom stereocenters. The van der Waals surface area contributed by atoms with Crippen LogP contribution in [0.3, 0.4) is 0 Å². The number of carboxylic acids is 1. The van der Waals surface area contributed by atoms with Crippen molar-refractivity contribution in [3.05, 3.63) is 107 Å². The van der Waals surface area contributed by atoms with Crippen LogP contribution in [0.25, 0.3) is 22.3 Å². The number of benzene rings is 4. The van der Waals surface area contributed by atoms with Gasteiger partial charge in [0.05, 0.1) is 6.61 Å². The van der Waals surface area contributed by atoms with E-state index in [2.05, 4.69) is 28.2 Å². The molecular formula is C51H64N6O10. The minimum absolute atomic E-state index is 0.0354. The van der Waals surface area contributed by atoms with Crippen LogP contribution in [0, 0.1) is 0 Å². The van der Waals surface area contributed by atoms with E-state index in [-0.39, 0.29) is 59.9 Å². The first kappa shape index (κ1) is 51.2. The number of hydrogen-bond donors (Lipinski definition) is 8. The van der Waals surface area contributed by atoms with Gasteiger partial charge < -0.3 is 52.0 Å². The highest BCUT2D eigenvalue weighted by atomic mass is 16.5. The Hall–Kier alpha value is -6.78. The van der Waals surface area contributed by atoms with Gasteiger partial charge in [-0.1, -0.05) is 81.1 Å². The smallest absolute Gasteiger partial charge is 0.326 e. The van der Waals surface area contributed by atoms with Gasteiger partial charge in [0.1, 0.15) is 35.7 Å². The summed E-state index contributed by atoms with van der Waals surface area (Å²) < 4.78 is 5.84. The number of rotatable bonds is 21. The average molecular weight is 921 g/mol. The van der Waals surface area contributed by atoms with E-state index >= 15 is 0 Å². The molecule has 4 bridgehead atoms. The molecule has 0 saturated heterocycles. The average Bonchev–Trinajstić information content (AvgIpc) is 3.31. The van der Waals surface area contributed by atoms with Gasteiger partial charge in [0.25, 0.3) is 5.91 Å². The summed E-state index contributed by atoms with van der Waals surface area (Å²) >= 11 is 0. The third kappa shape index (κ3) is 14.6. The van der Waals surface area contributed by atoms with Crippen molar-refractivity contribution in [2.75, 3.05) is 26.7 Å². The van der Waals surface area contributed by atoms with Gasteiger partial charge in [0.15, 0.2) is 0 Å². The Bertz CT molecular complexity index is 2340. The zero-order valence-corrected chi connectivity index (χ0v) is 38.5. The molecule has 9 N–H and O–H groups in total. The lowest BCUT2D eigenvalue weighted by Gasteiger charge is -2.32. The van der Waals surface area contributed by atoms with Gasteiger partial charge >= 0.3 is 5.97 Å². The molecule has 1 aliphatic rings. The van der Waals surface area contributed by atoms with E-state index in [0.29, 0.717) is 37.1 Å². The summed E-state index contributed by atoms with van der Waals surface area (Å²) in [5.74, 6) is -5.04. The van der Waals surface area contributed by atoms with Gasteiger partial charge in [0.2, 0.25) is 23.6 Å². The maximum atomic E-state index is 14.4. The highest BCUT2D eigenvalue weighted by molar-refractivity contribution is 5.97. The van der Waals surface area contributed by atoms with Gasteiger partial charge in [-0.05, 0) is 103 Å². The Balaban J connectivity index is 1.25. The Morgan fingerprint density at radius 2 is 1.48 bits per heavy atom. The molecule has 0 radical (unpaired) electrons. The van der Waals surface area contributed by atoms with Crippen molar-refractivity contribution in [1.82, 2.24) is 26.2 Å². The molecule has 0 aliphatic carbocycles. The first-order chi connectivity index (χ1) is 32.2. The highest BCUT2D eigenvalue weighted by Gasteiger charge is 2.36. The second-order valence-electron chi connectivity index (χ2n) is 17.0. The zero-order valence-electron chi connectivity index (χ0n) is 38.5. The van der Waals surface area contributed by atoms with Crippen LogP contribution in [0.15, 0.2) is 84.9 Å². The number of hydrogen-bond acceptors (Lipinski definition) is 10. The predicted octanol–water partition coefficient (Wildman–Crippen LogP) is 5.48. The van der Waals surface area contributed by atoms with Crippen LogP contribution in [0.1, 0.15) is 105 Å². The maximum absolute atomic E-state index is 14.4. The number of carbonyl (C=O) groups is 6. The van der Waals surface area contributed by atoms with E-state index in [1.807, 2.05) is 36.4 Å². The lowest BCUT2D eigenvalue weighted by atomic mass is 9.93. The molecule has 0 spiro atoms. The third-order valence-electron chi connectivity index (χ3n) is 11.8. The van der Waals surface area contributed by atoms with Crippen molar-refractivity contribution < 1.29 is 48.8 Å². The van der Waals surface area contributed by atoms with Gasteiger partial charge in [-0.25, -0.2) is 4.79 Å². The monoisotopic (exact) mass is 920 g/mol. The van der Waals surface area contributed by atoms with Crippen molar-refractivity contribution >= 4 is 35.5 Å². The number of aliphatic carboxylic acids is 1. The van der Waals surface area contributed by atoms with Gasteiger partial charge in [-0.2, -0.15) is 0 Å². The fourth-order valence-electron chi connectivity index (χ4n) is 7.89. The molecular weight excluding hydrogens is 857 g/mol. The van der Waals surface area contributed by atoms with Crippen LogP contribution in [-0.4, -0.2) is 101 Å². The minimum Gasteiger partial charge on any atom is -0.507 e. The molecule has 0 fully saturated rings. The molecule has 1 heterocycles. The van der Waals surface area contributed by atoms with E-state index in [1.54, 1.807) is 12.1 Å². The summed E-state index contributed by atoms with van der Waals surface area (Å²) in [7, 11) is 1.36. The number of carboxylic acid groups (broad SMARTS) is 1. The summed E-state index contributed by atoms with van der Waals surface area (Å²) in [5.41, 5.74) is 10.0. The Labute approximate surface area is 391 Å². The molecule has 67 heavy (non-hydrogen) atoms. The van der Waals surface area contributed by atoms with Crippen molar-refractivity contribution in [2.24, 2.45) is 5.73 Å². The number of nitrogens with one attached hydrogen (secondary N) is 4. The van der Waals surface area contributed by atoms with E-state index in [1.165, 1.54) is 76.1 Å². The summed E-state index contributed by atoms with van der Waals surface area (Å²) in [6, 6.07) is 18.5. The van der Waals surface area contributed by atoms with Crippen molar-refractivity contribution in [2.45, 2.75) is 109 Å². The van der Waals surface area contributed by atoms with Crippen LogP contribution < -0.4 is 27.0 Å². The Morgan fingerprint density at radius 3 is 2.15 bits per heavy atom. The fourth-order valence-corrected chi connectivity index (χ4v) is 7.89. The normalized spacial score (nSPS) is 16.4. The molecule has 1 aliphatic heterocycles.